The molecule has 0 amide bonds. The minimum atomic E-state index is -0.996. The number of pyridine rings is 1. The van der Waals surface area contributed by atoms with Gasteiger partial charge in [-0.15, -0.1) is 0 Å². The van der Waals surface area contributed by atoms with E-state index in [-0.39, 0.29) is 11.4 Å². The lowest BCUT2D eigenvalue weighted by Crippen LogP contribution is -2.28. The third-order valence-electron chi connectivity index (χ3n) is 7.56. The number of carbonyl (C=O) groups is 1. The van der Waals surface area contributed by atoms with Crippen LogP contribution in [0.25, 0.3) is 11.8 Å². The number of ether oxygens (including phenoxy) is 2. The normalized spacial score (nSPS) is 25.6. The molecule has 3 heterocycles. The second kappa shape index (κ2) is 8.58. The summed E-state index contributed by atoms with van der Waals surface area (Å²) in [6.45, 7) is 2.74. The van der Waals surface area contributed by atoms with Crippen LogP contribution in [-0.4, -0.2) is 48.0 Å². The average Bonchev–Trinajstić information content (AvgIpc) is 3.55. The van der Waals surface area contributed by atoms with E-state index in [1.807, 2.05) is 24.4 Å². The number of hydrogen-bond acceptors (Lipinski definition) is 6. The van der Waals surface area contributed by atoms with Crippen molar-refractivity contribution in [2.45, 2.75) is 51.7 Å². The second-order valence-corrected chi connectivity index (χ2v) is 9.42. The van der Waals surface area contributed by atoms with Gasteiger partial charge in [0.25, 0.3) is 0 Å². The zero-order chi connectivity index (χ0) is 23.2. The van der Waals surface area contributed by atoms with Crippen LogP contribution >= 0.6 is 0 Å². The van der Waals surface area contributed by atoms with Crippen LogP contribution in [0, 0.1) is 11.3 Å². The van der Waals surface area contributed by atoms with Crippen molar-refractivity contribution < 1.29 is 19.4 Å². The summed E-state index contributed by atoms with van der Waals surface area (Å²) in [5.74, 6) is -0.00220. The van der Waals surface area contributed by atoms with E-state index in [1.54, 1.807) is 6.20 Å². The van der Waals surface area contributed by atoms with E-state index in [9.17, 15) is 9.90 Å². The Morgan fingerprint density at radius 1 is 1.30 bits per heavy atom. The highest BCUT2D eigenvalue weighted by atomic mass is 16.6. The molecule has 1 spiro atoms. The van der Waals surface area contributed by atoms with Crippen LogP contribution in [0.3, 0.4) is 0 Å². The van der Waals surface area contributed by atoms with Crippen LogP contribution in [0.15, 0.2) is 53.0 Å². The SMILES string of the molecule is CCCCCCC1=C2c3cnccc3C=C(C(O)OC)CN2C2=CC(C(=O)OC)=CC3CC213. The van der Waals surface area contributed by atoms with Crippen LogP contribution in [-0.2, 0) is 14.3 Å². The molecular weight excluding hydrogens is 416 g/mol. The van der Waals surface area contributed by atoms with Crippen molar-refractivity contribution in [2.75, 3.05) is 20.8 Å². The van der Waals surface area contributed by atoms with E-state index in [4.69, 9.17) is 9.47 Å². The van der Waals surface area contributed by atoms with Gasteiger partial charge in [-0.1, -0.05) is 32.3 Å². The van der Waals surface area contributed by atoms with E-state index in [1.165, 1.54) is 44.8 Å². The topological polar surface area (TPSA) is 71.9 Å². The first-order valence-electron chi connectivity index (χ1n) is 11.9. The van der Waals surface area contributed by atoms with Gasteiger partial charge in [-0.25, -0.2) is 4.79 Å². The van der Waals surface area contributed by atoms with E-state index >= 15 is 0 Å². The number of unbranched alkanes of at least 4 members (excludes halogenated alkanes) is 3. The number of methoxy groups -OCH3 is 2. The molecule has 0 saturated heterocycles. The Bertz CT molecular complexity index is 1100. The molecule has 2 aliphatic heterocycles. The van der Waals surface area contributed by atoms with Gasteiger partial charge in [-0.05, 0) is 54.5 Å². The number of esters is 1. The maximum absolute atomic E-state index is 12.4. The zero-order valence-electron chi connectivity index (χ0n) is 19.6. The molecule has 1 saturated carbocycles. The van der Waals surface area contributed by atoms with Crippen molar-refractivity contribution in [1.29, 1.82) is 0 Å². The number of hydrogen-bond donors (Lipinski definition) is 1. The van der Waals surface area contributed by atoms with Gasteiger partial charge in [-0.2, -0.15) is 0 Å². The third-order valence-corrected chi connectivity index (χ3v) is 7.56. The molecule has 0 bridgehead atoms. The highest BCUT2D eigenvalue weighted by Crippen LogP contribution is 2.72. The van der Waals surface area contributed by atoms with E-state index in [0.29, 0.717) is 18.0 Å². The Morgan fingerprint density at radius 3 is 2.91 bits per heavy atom. The maximum atomic E-state index is 12.4. The van der Waals surface area contributed by atoms with E-state index in [2.05, 4.69) is 22.9 Å². The molecule has 174 valence electrons. The zero-order valence-corrected chi connectivity index (χ0v) is 19.6. The standard InChI is InChI=1S/C27H32N2O4/c1-4-5-6-7-8-22-24-21-15-28-10-9-17(21)11-19(26(31)33-3)16-29(24)23-13-18(25(30)32-2)12-20-14-27(20,22)23/h9-13,15,20,26,31H,4-8,14,16H2,1-3H3. The smallest absolute Gasteiger partial charge is 0.337 e. The quantitative estimate of drug-likeness (QED) is 0.360. The third kappa shape index (κ3) is 3.47. The molecule has 6 heteroatoms. The fraction of sp³-hybridized carbons (Fsp3) is 0.481. The van der Waals surface area contributed by atoms with Crippen LogP contribution in [0.4, 0.5) is 0 Å². The predicted octanol–water partition coefficient (Wildman–Crippen LogP) is 4.44. The minimum Gasteiger partial charge on any atom is -0.465 e. The molecule has 6 nitrogen and oxygen atoms in total. The number of allylic oxidation sites excluding steroid dienone is 2. The molecule has 2 aliphatic carbocycles. The van der Waals surface area contributed by atoms with Gasteiger partial charge < -0.3 is 19.5 Å². The first-order chi connectivity index (χ1) is 16.0. The molecular formula is C27H32N2O4. The summed E-state index contributed by atoms with van der Waals surface area (Å²) in [6.07, 6.45) is 15.7. The molecule has 3 unspecified atom stereocenters. The number of nitrogens with zero attached hydrogens (tertiary/aromatic N) is 2. The van der Waals surface area contributed by atoms with Crippen molar-refractivity contribution in [3.63, 3.8) is 0 Å². The number of aliphatic hydroxyl groups is 1. The Kier molecular flexibility index (Phi) is 5.75. The molecule has 3 atom stereocenters. The predicted molar refractivity (Wildman–Crippen MR) is 126 cm³/mol. The minimum absolute atomic E-state index is 0.0628. The Morgan fingerprint density at radius 2 is 2.15 bits per heavy atom. The molecule has 1 N–H and O–H groups in total. The molecule has 33 heavy (non-hydrogen) atoms. The monoisotopic (exact) mass is 448 g/mol. The van der Waals surface area contributed by atoms with Gasteiger partial charge in [0.15, 0.2) is 6.29 Å². The van der Waals surface area contributed by atoms with Crippen LogP contribution < -0.4 is 0 Å². The lowest BCUT2D eigenvalue weighted by atomic mass is 9.83. The van der Waals surface area contributed by atoms with Crippen LogP contribution in [0.2, 0.25) is 0 Å². The summed E-state index contributed by atoms with van der Waals surface area (Å²) in [4.78, 5) is 19.2. The Labute approximate surface area is 195 Å². The maximum Gasteiger partial charge on any atom is 0.337 e. The van der Waals surface area contributed by atoms with Gasteiger partial charge in [0.2, 0.25) is 0 Å². The largest absolute Gasteiger partial charge is 0.465 e. The van der Waals surface area contributed by atoms with Gasteiger partial charge in [0.1, 0.15) is 0 Å². The summed E-state index contributed by atoms with van der Waals surface area (Å²) in [5, 5.41) is 10.6. The van der Waals surface area contributed by atoms with Crippen molar-refractivity contribution in [3.05, 3.63) is 64.2 Å². The number of aliphatic hydroxyl groups excluding tert-OH is 1. The average molecular weight is 449 g/mol. The van der Waals surface area contributed by atoms with Gasteiger partial charge in [-0.3, -0.25) is 4.98 Å². The van der Waals surface area contributed by atoms with Crippen LogP contribution in [0.5, 0.6) is 0 Å². The molecule has 1 aromatic rings. The van der Waals surface area contributed by atoms with E-state index < -0.39 is 6.29 Å². The molecule has 0 aromatic carbocycles. The summed E-state index contributed by atoms with van der Waals surface area (Å²) < 4.78 is 10.3. The molecule has 4 aliphatic rings. The highest BCUT2D eigenvalue weighted by molar-refractivity contribution is 5.94. The lowest BCUT2D eigenvalue weighted by molar-refractivity contribution is -0.135. The van der Waals surface area contributed by atoms with Gasteiger partial charge in [0, 0.05) is 48.3 Å². The summed E-state index contributed by atoms with van der Waals surface area (Å²) in [6, 6.07) is 2.00. The van der Waals surface area contributed by atoms with Crippen molar-refractivity contribution in [1.82, 2.24) is 9.88 Å². The Hall–Kier alpha value is -2.70. The fourth-order valence-corrected chi connectivity index (χ4v) is 5.88. The van der Waals surface area contributed by atoms with Gasteiger partial charge >= 0.3 is 5.97 Å². The fourth-order valence-electron chi connectivity index (χ4n) is 5.88. The molecule has 0 radical (unpaired) electrons. The van der Waals surface area contributed by atoms with Crippen molar-refractivity contribution >= 4 is 17.7 Å². The number of aromatic nitrogens is 1. The lowest BCUT2D eigenvalue weighted by Gasteiger charge is -2.29. The van der Waals surface area contributed by atoms with Crippen LogP contribution in [0.1, 0.15) is 56.6 Å². The van der Waals surface area contributed by atoms with Crippen molar-refractivity contribution in [2.24, 2.45) is 11.3 Å². The van der Waals surface area contributed by atoms with E-state index in [0.717, 1.165) is 41.7 Å². The molecule has 5 rings (SSSR count). The number of fused-ring (bicyclic) bond motifs is 4. The second-order valence-electron chi connectivity index (χ2n) is 9.42. The summed E-state index contributed by atoms with van der Waals surface area (Å²) in [7, 11) is 2.94. The van der Waals surface area contributed by atoms with Crippen molar-refractivity contribution in [3.8, 4) is 0 Å². The highest BCUT2D eigenvalue weighted by Gasteiger charge is 2.65. The molecule has 1 fully saturated rings. The molecule has 1 aromatic heterocycles. The number of rotatable bonds is 8. The first-order valence-corrected chi connectivity index (χ1v) is 11.9. The van der Waals surface area contributed by atoms with Gasteiger partial charge in [0.05, 0.1) is 18.4 Å². The number of carbonyl (C=O) groups excluding carboxylic acids is 1. The summed E-state index contributed by atoms with van der Waals surface area (Å²) >= 11 is 0. The Balaban J connectivity index is 1.65. The summed E-state index contributed by atoms with van der Waals surface area (Å²) in [5.41, 5.74) is 7.24. The first kappa shape index (κ1) is 22.1.